The zero-order valence-electron chi connectivity index (χ0n) is 11.7. The molecule has 2 heteroatoms. The molecule has 1 aliphatic rings. The summed E-state index contributed by atoms with van der Waals surface area (Å²) in [5, 5.41) is 4.55. The van der Waals surface area contributed by atoms with E-state index in [2.05, 4.69) is 38.2 Å². The fourth-order valence-electron chi connectivity index (χ4n) is 2.26. The van der Waals surface area contributed by atoms with Gasteiger partial charge in [-0.3, -0.25) is 0 Å². The minimum absolute atomic E-state index is 0.404. The van der Waals surface area contributed by atoms with Gasteiger partial charge in [0.15, 0.2) is 0 Å². The topological polar surface area (TPSA) is 12.0 Å². The van der Waals surface area contributed by atoms with Gasteiger partial charge in [0, 0.05) is 11.1 Å². The van der Waals surface area contributed by atoms with Crippen molar-refractivity contribution in [2.75, 3.05) is 6.54 Å². The largest absolute Gasteiger partial charge is 0.310 e. The molecule has 1 nitrogen and oxygen atoms in total. The second kappa shape index (κ2) is 5.63. The second-order valence-electron chi connectivity index (χ2n) is 6.63. The normalized spacial score (nSPS) is 17.8. The molecule has 18 heavy (non-hydrogen) atoms. The van der Waals surface area contributed by atoms with Crippen LogP contribution in [-0.2, 0) is 0 Å². The van der Waals surface area contributed by atoms with Crippen LogP contribution in [0.4, 0.5) is 0 Å². The lowest BCUT2D eigenvalue weighted by molar-refractivity contribution is 0.347. The molecule has 0 radical (unpaired) electrons. The Morgan fingerprint density at radius 1 is 1.22 bits per heavy atom. The Morgan fingerprint density at radius 3 is 2.33 bits per heavy atom. The van der Waals surface area contributed by atoms with Gasteiger partial charge >= 0.3 is 0 Å². The van der Waals surface area contributed by atoms with Crippen LogP contribution in [0.2, 0.25) is 5.02 Å². The summed E-state index contributed by atoms with van der Waals surface area (Å²) in [7, 11) is 0. The average Bonchev–Trinajstić information content (AvgIpc) is 3.08. The molecule has 1 aromatic carbocycles. The quantitative estimate of drug-likeness (QED) is 0.805. The fraction of sp³-hybridized carbons (Fsp3) is 0.625. The van der Waals surface area contributed by atoms with E-state index in [1.54, 1.807) is 0 Å². The maximum Gasteiger partial charge on any atom is 0.0406 e. The van der Waals surface area contributed by atoms with Crippen LogP contribution in [0.3, 0.4) is 0 Å². The Balaban J connectivity index is 1.94. The predicted octanol–water partition coefficient (Wildman–Crippen LogP) is 4.82. The number of rotatable bonds is 5. The fourth-order valence-corrected chi connectivity index (χ4v) is 2.39. The lowest BCUT2D eigenvalue weighted by Gasteiger charge is -2.23. The molecule has 1 fully saturated rings. The van der Waals surface area contributed by atoms with E-state index in [4.69, 9.17) is 11.6 Å². The summed E-state index contributed by atoms with van der Waals surface area (Å²) in [6, 6.07) is 8.84. The van der Waals surface area contributed by atoms with Crippen molar-refractivity contribution in [2.45, 2.75) is 46.1 Å². The molecular formula is C16H24ClN. The maximum absolute atomic E-state index is 5.96. The summed E-state index contributed by atoms with van der Waals surface area (Å²) in [5.74, 6) is 0.825. The van der Waals surface area contributed by atoms with Crippen molar-refractivity contribution >= 4 is 11.6 Å². The lowest BCUT2D eigenvalue weighted by Crippen LogP contribution is -2.26. The molecule has 1 saturated carbocycles. The molecule has 100 valence electrons. The third-order valence-electron chi connectivity index (χ3n) is 3.56. The summed E-state index contributed by atoms with van der Waals surface area (Å²) in [6.45, 7) is 7.97. The van der Waals surface area contributed by atoms with Crippen LogP contribution in [0.1, 0.15) is 51.6 Å². The van der Waals surface area contributed by atoms with Crippen molar-refractivity contribution in [2.24, 2.45) is 11.3 Å². The van der Waals surface area contributed by atoms with Gasteiger partial charge in [-0.2, -0.15) is 0 Å². The number of halogens is 1. The highest BCUT2D eigenvalue weighted by Crippen LogP contribution is 2.41. The molecule has 1 atom stereocenters. The van der Waals surface area contributed by atoms with Crippen molar-refractivity contribution in [1.82, 2.24) is 5.32 Å². The van der Waals surface area contributed by atoms with Crippen LogP contribution in [0.5, 0.6) is 0 Å². The first-order valence-electron chi connectivity index (χ1n) is 6.94. The molecule has 1 unspecified atom stereocenters. The van der Waals surface area contributed by atoms with E-state index >= 15 is 0 Å². The molecule has 0 heterocycles. The van der Waals surface area contributed by atoms with Crippen molar-refractivity contribution in [3.63, 3.8) is 0 Å². The smallest absolute Gasteiger partial charge is 0.0406 e. The van der Waals surface area contributed by atoms with E-state index in [1.165, 1.54) is 24.8 Å². The van der Waals surface area contributed by atoms with Crippen LogP contribution in [0, 0.1) is 11.3 Å². The van der Waals surface area contributed by atoms with Gasteiger partial charge in [0.1, 0.15) is 0 Å². The Hall–Kier alpha value is -0.530. The standard InChI is InChI=1S/C16H24ClN/c1-16(2,3)10-11-18-15(12-4-5-12)13-6-8-14(17)9-7-13/h6-9,12,15,18H,4-5,10-11H2,1-3H3. The molecule has 1 N–H and O–H groups in total. The van der Waals surface area contributed by atoms with Crippen LogP contribution in [0.25, 0.3) is 0 Å². The van der Waals surface area contributed by atoms with Crippen molar-refractivity contribution < 1.29 is 0 Å². The molecule has 0 spiro atoms. The predicted molar refractivity (Wildman–Crippen MR) is 79.0 cm³/mol. The van der Waals surface area contributed by atoms with Gasteiger partial charge in [-0.25, -0.2) is 0 Å². The molecule has 0 amide bonds. The maximum atomic E-state index is 5.96. The Bertz CT molecular complexity index is 373. The van der Waals surface area contributed by atoms with Gasteiger partial charge in [-0.1, -0.05) is 44.5 Å². The average molecular weight is 266 g/mol. The van der Waals surface area contributed by atoms with Gasteiger partial charge in [0.25, 0.3) is 0 Å². The second-order valence-corrected chi connectivity index (χ2v) is 7.07. The molecule has 0 aliphatic heterocycles. The lowest BCUT2D eigenvalue weighted by atomic mass is 9.92. The van der Waals surface area contributed by atoms with Gasteiger partial charge in [0.2, 0.25) is 0 Å². The SMILES string of the molecule is CC(C)(C)CCNC(c1ccc(Cl)cc1)C1CC1. The van der Waals surface area contributed by atoms with Gasteiger partial charge in [-0.05, 0) is 54.8 Å². The first-order chi connectivity index (χ1) is 8.46. The molecular weight excluding hydrogens is 242 g/mol. The molecule has 1 aromatic rings. The first kappa shape index (κ1) is 13.9. The summed E-state index contributed by atoms with van der Waals surface area (Å²) in [6.07, 6.45) is 3.93. The zero-order valence-corrected chi connectivity index (χ0v) is 12.4. The molecule has 1 aliphatic carbocycles. The van der Waals surface area contributed by atoms with Crippen LogP contribution >= 0.6 is 11.6 Å². The third kappa shape index (κ3) is 4.29. The molecule has 2 rings (SSSR count). The highest BCUT2D eigenvalue weighted by Gasteiger charge is 2.31. The number of hydrogen-bond donors (Lipinski definition) is 1. The van der Waals surface area contributed by atoms with Crippen molar-refractivity contribution in [3.05, 3.63) is 34.9 Å². The van der Waals surface area contributed by atoms with E-state index < -0.39 is 0 Å². The summed E-state index contributed by atoms with van der Waals surface area (Å²) in [4.78, 5) is 0. The van der Waals surface area contributed by atoms with Gasteiger partial charge in [0.05, 0.1) is 0 Å². The van der Waals surface area contributed by atoms with E-state index in [0.717, 1.165) is 17.5 Å². The zero-order chi connectivity index (χ0) is 13.2. The van der Waals surface area contributed by atoms with Crippen molar-refractivity contribution in [3.8, 4) is 0 Å². The highest BCUT2D eigenvalue weighted by atomic mass is 35.5. The van der Waals surface area contributed by atoms with Crippen molar-refractivity contribution in [1.29, 1.82) is 0 Å². The Morgan fingerprint density at radius 2 is 1.83 bits per heavy atom. The van der Waals surface area contributed by atoms with Gasteiger partial charge < -0.3 is 5.32 Å². The Kier molecular flexibility index (Phi) is 4.34. The molecule has 0 saturated heterocycles. The summed E-state index contributed by atoms with van der Waals surface area (Å²) < 4.78 is 0. The summed E-state index contributed by atoms with van der Waals surface area (Å²) in [5.41, 5.74) is 1.79. The van der Waals surface area contributed by atoms with E-state index in [1.807, 2.05) is 12.1 Å². The highest BCUT2D eigenvalue weighted by molar-refractivity contribution is 6.30. The number of hydrogen-bond acceptors (Lipinski definition) is 1. The monoisotopic (exact) mass is 265 g/mol. The number of nitrogens with one attached hydrogen (secondary N) is 1. The van der Waals surface area contributed by atoms with Crippen LogP contribution in [-0.4, -0.2) is 6.54 Å². The van der Waals surface area contributed by atoms with E-state index in [-0.39, 0.29) is 0 Å². The summed E-state index contributed by atoms with van der Waals surface area (Å²) >= 11 is 5.96. The minimum Gasteiger partial charge on any atom is -0.310 e. The number of benzene rings is 1. The van der Waals surface area contributed by atoms with Crippen LogP contribution in [0.15, 0.2) is 24.3 Å². The molecule has 0 bridgehead atoms. The van der Waals surface area contributed by atoms with E-state index in [9.17, 15) is 0 Å². The van der Waals surface area contributed by atoms with Gasteiger partial charge in [-0.15, -0.1) is 0 Å². The first-order valence-corrected chi connectivity index (χ1v) is 7.32. The third-order valence-corrected chi connectivity index (χ3v) is 3.81. The minimum atomic E-state index is 0.404. The van der Waals surface area contributed by atoms with E-state index in [0.29, 0.717) is 11.5 Å². The van der Waals surface area contributed by atoms with Crippen LogP contribution < -0.4 is 5.32 Å². The Labute approximate surface area is 116 Å². The molecule has 0 aromatic heterocycles.